The van der Waals surface area contributed by atoms with E-state index in [9.17, 15) is 4.57 Å². The molecule has 2 heterocycles. The van der Waals surface area contributed by atoms with Crippen molar-refractivity contribution >= 4 is 12.4 Å². The van der Waals surface area contributed by atoms with Gasteiger partial charge in [0, 0.05) is 49.5 Å². The summed E-state index contributed by atoms with van der Waals surface area (Å²) in [6.07, 6.45) is 16.1. The predicted octanol–water partition coefficient (Wildman–Crippen LogP) is 9.06. The molecule has 0 bridgehead atoms. The molecule has 2 aromatic heterocycles. The first-order valence-corrected chi connectivity index (χ1v) is 16.4. The smallest absolute Gasteiger partial charge is 0.0978 e. The number of rotatable bonds is 5. The molecule has 4 aromatic rings. The predicted molar refractivity (Wildman–Crippen MR) is 163 cm³/mol. The van der Waals surface area contributed by atoms with Crippen LogP contribution in [0.25, 0.3) is 22.5 Å². The molecule has 0 saturated heterocycles. The Morgan fingerprint density at radius 2 is 1.38 bits per heavy atom. The van der Waals surface area contributed by atoms with Gasteiger partial charge in [-0.2, -0.15) is 30.3 Å². The number of aromatic nitrogens is 2. The normalized spacial score (nSPS) is 16.3. The van der Waals surface area contributed by atoms with Gasteiger partial charge in [0.05, 0.1) is 7.14 Å². The van der Waals surface area contributed by atoms with Gasteiger partial charge in [-0.3, -0.25) is 4.98 Å². The Bertz CT molecular complexity index is 1330. The SMILES string of the molecule is Cc1ccc(-c2ccc[c-]c2-c2ccccn2)nc1.O=P(c1[c-]cccc1)(C1CCCCC1)C1CCCCC1.[Ir]. The molecule has 0 N–H and O–H groups in total. The number of aryl methyl sites for hydroxylation is 1. The first-order valence-electron chi connectivity index (χ1n) is 14.6. The largest absolute Gasteiger partial charge is 0.320 e. The summed E-state index contributed by atoms with van der Waals surface area (Å²) in [6, 6.07) is 30.6. The maximum atomic E-state index is 14.1. The van der Waals surface area contributed by atoms with Crippen molar-refractivity contribution in [3.05, 3.63) is 103 Å². The van der Waals surface area contributed by atoms with Crippen LogP contribution in [0, 0.1) is 19.1 Å². The van der Waals surface area contributed by atoms with E-state index in [1.165, 1.54) is 64.2 Å². The molecule has 2 aliphatic carbocycles. The van der Waals surface area contributed by atoms with Gasteiger partial charge in [0.2, 0.25) is 0 Å². The van der Waals surface area contributed by atoms with Crippen LogP contribution in [0.5, 0.6) is 0 Å². The van der Waals surface area contributed by atoms with E-state index in [0.29, 0.717) is 11.3 Å². The van der Waals surface area contributed by atoms with Gasteiger partial charge >= 0.3 is 0 Å². The van der Waals surface area contributed by atoms with Crippen molar-refractivity contribution in [2.45, 2.75) is 82.4 Å². The maximum absolute atomic E-state index is 14.1. The summed E-state index contributed by atoms with van der Waals surface area (Å²) < 4.78 is 14.1. The van der Waals surface area contributed by atoms with Crippen molar-refractivity contribution in [3.8, 4) is 22.5 Å². The topological polar surface area (TPSA) is 42.9 Å². The average Bonchev–Trinajstić information content (AvgIpc) is 3.03. The zero-order valence-electron chi connectivity index (χ0n) is 23.4. The molecule has 2 aromatic carbocycles. The summed E-state index contributed by atoms with van der Waals surface area (Å²) in [5.41, 5.74) is 5.95. The fourth-order valence-corrected chi connectivity index (χ4v) is 10.5. The minimum atomic E-state index is -2.28. The quantitative estimate of drug-likeness (QED) is 0.152. The molecular formula is C35H39IrN2OP-2. The van der Waals surface area contributed by atoms with Gasteiger partial charge in [-0.05, 0) is 56.0 Å². The third kappa shape index (κ3) is 7.27. The Kier molecular flexibility index (Phi) is 11.5. The van der Waals surface area contributed by atoms with Crippen LogP contribution in [-0.4, -0.2) is 21.3 Å². The van der Waals surface area contributed by atoms with Gasteiger partial charge in [-0.15, -0.1) is 35.1 Å². The zero-order chi connectivity index (χ0) is 26.9. The summed E-state index contributed by atoms with van der Waals surface area (Å²) >= 11 is 0. The third-order valence-electron chi connectivity index (χ3n) is 8.27. The standard InChI is InChI=1S/C18H26OP.C17H13N2.Ir/c19-20(16-10-4-1-5-11-16,17-12-6-2-7-13-17)18-14-8-3-9-15-18;1-13-9-10-17(19-12-13)15-7-3-2-6-14(15)16-8-4-5-11-18-16;/h1,4-5,10,17-18H,2-3,6-9,12-15H2;2-5,7-12H,1H3;/q2*-1;. The number of pyridine rings is 2. The van der Waals surface area contributed by atoms with Crippen LogP contribution < -0.4 is 5.30 Å². The van der Waals surface area contributed by atoms with Crippen LogP contribution in [-0.2, 0) is 24.7 Å². The van der Waals surface area contributed by atoms with Gasteiger partial charge in [0.1, 0.15) is 0 Å². The van der Waals surface area contributed by atoms with Crippen LogP contribution in [0.3, 0.4) is 0 Å². The van der Waals surface area contributed by atoms with Gasteiger partial charge in [-0.1, -0.05) is 62.3 Å². The van der Waals surface area contributed by atoms with Crippen LogP contribution >= 0.6 is 7.14 Å². The molecule has 0 spiro atoms. The molecule has 0 atom stereocenters. The Morgan fingerprint density at radius 1 is 0.700 bits per heavy atom. The van der Waals surface area contributed by atoms with Crippen molar-refractivity contribution < 1.29 is 24.7 Å². The zero-order valence-corrected chi connectivity index (χ0v) is 26.7. The minimum Gasteiger partial charge on any atom is -0.320 e. The first-order chi connectivity index (χ1) is 19.2. The van der Waals surface area contributed by atoms with Crippen LogP contribution in [0.4, 0.5) is 0 Å². The molecule has 40 heavy (non-hydrogen) atoms. The van der Waals surface area contributed by atoms with Crippen molar-refractivity contribution in [2.75, 3.05) is 0 Å². The number of nitrogens with zero attached hydrogens (tertiary/aromatic N) is 2. The second-order valence-corrected chi connectivity index (χ2v) is 14.3. The third-order valence-corrected chi connectivity index (χ3v) is 12.5. The van der Waals surface area contributed by atoms with Crippen molar-refractivity contribution in [2.24, 2.45) is 0 Å². The monoisotopic (exact) mass is 727 g/mol. The molecule has 0 aliphatic heterocycles. The summed E-state index contributed by atoms with van der Waals surface area (Å²) in [6.45, 7) is 2.04. The van der Waals surface area contributed by atoms with E-state index in [-0.39, 0.29) is 20.1 Å². The molecule has 6 rings (SSSR count). The fourth-order valence-electron chi connectivity index (χ4n) is 6.22. The summed E-state index contributed by atoms with van der Waals surface area (Å²) in [4.78, 5) is 8.88. The average molecular weight is 727 g/mol. The Morgan fingerprint density at radius 3 is 1.95 bits per heavy atom. The Hall–Kier alpha value is -2.38. The summed E-state index contributed by atoms with van der Waals surface area (Å²) in [5, 5.41) is 1.05. The van der Waals surface area contributed by atoms with Crippen LogP contribution in [0.2, 0.25) is 0 Å². The van der Waals surface area contributed by atoms with Gasteiger partial charge in [0.25, 0.3) is 0 Å². The molecule has 211 valence electrons. The molecule has 2 saturated carbocycles. The molecule has 5 heteroatoms. The molecule has 3 nitrogen and oxygen atoms in total. The van der Waals surface area contributed by atoms with Gasteiger partial charge in [-0.25, -0.2) is 0 Å². The van der Waals surface area contributed by atoms with Crippen molar-refractivity contribution in [1.82, 2.24) is 9.97 Å². The number of hydrogen-bond acceptors (Lipinski definition) is 3. The van der Waals surface area contributed by atoms with Crippen molar-refractivity contribution in [3.63, 3.8) is 0 Å². The molecule has 1 radical (unpaired) electrons. The van der Waals surface area contributed by atoms with Gasteiger partial charge < -0.3 is 9.55 Å². The second-order valence-electron chi connectivity index (χ2n) is 10.9. The molecule has 0 amide bonds. The van der Waals surface area contributed by atoms with Crippen LogP contribution in [0.1, 0.15) is 69.8 Å². The molecule has 0 unspecified atom stereocenters. The number of hydrogen-bond donors (Lipinski definition) is 0. The Balaban J connectivity index is 0.000000181. The summed E-state index contributed by atoms with van der Waals surface area (Å²) in [5.74, 6) is 0. The van der Waals surface area contributed by atoms with E-state index in [4.69, 9.17) is 0 Å². The number of benzene rings is 2. The van der Waals surface area contributed by atoms with Gasteiger partial charge in [0.15, 0.2) is 0 Å². The molecular weight excluding hydrogens is 688 g/mol. The minimum absolute atomic E-state index is 0. The van der Waals surface area contributed by atoms with E-state index >= 15 is 0 Å². The Labute approximate surface area is 254 Å². The first kappa shape index (κ1) is 30.6. The van der Waals surface area contributed by atoms with E-state index in [1.807, 2.05) is 67.7 Å². The van der Waals surface area contributed by atoms with E-state index < -0.39 is 7.14 Å². The van der Waals surface area contributed by atoms with E-state index in [2.05, 4.69) is 40.3 Å². The van der Waals surface area contributed by atoms with E-state index in [1.54, 1.807) is 6.20 Å². The van der Waals surface area contributed by atoms with E-state index in [0.717, 1.165) is 33.4 Å². The maximum Gasteiger partial charge on any atom is 0.0978 e. The second kappa shape index (κ2) is 15.0. The van der Waals surface area contributed by atoms with Crippen molar-refractivity contribution in [1.29, 1.82) is 0 Å². The molecule has 2 fully saturated rings. The van der Waals surface area contributed by atoms with Crippen LogP contribution in [0.15, 0.2) is 85.2 Å². The fraction of sp³-hybridized carbons (Fsp3) is 0.371. The molecule has 2 aliphatic rings. The summed E-state index contributed by atoms with van der Waals surface area (Å²) in [7, 11) is -2.28.